The molecule has 0 saturated carbocycles. The van der Waals surface area contributed by atoms with Gasteiger partial charge in [0.05, 0.1) is 0 Å². The molecule has 0 unspecified atom stereocenters. The van der Waals surface area contributed by atoms with Gasteiger partial charge in [-0.3, -0.25) is 0 Å². The molecule has 1 aromatic heterocycles. The highest BCUT2D eigenvalue weighted by Crippen LogP contribution is 2.36. The highest BCUT2D eigenvalue weighted by molar-refractivity contribution is 7.10. The van der Waals surface area contributed by atoms with Gasteiger partial charge < -0.3 is 15.4 Å². The summed E-state index contributed by atoms with van der Waals surface area (Å²) < 4.78 is 5.52. The number of hydrogen-bond donors (Lipinski definition) is 2. The zero-order chi connectivity index (χ0) is 16.1. The van der Waals surface area contributed by atoms with Gasteiger partial charge >= 0.3 is 6.03 Å². The van der Waals surface area contributed by atoms with Crippen molar-refractivity contribution in [2.45, 2.75) is 25.2 Å². The number of anilines is 1. The Balaban J connectivity index is 1.65. The number of thiophene rings is 1. The molecule has 2 aromatic rings. The maximum Gasteiger partial charge on any atom is 0.319 e. The molecule has 1 fully saturated rings. The van der Waals surface area contributed by atoms with Gasteiger partial charge in [-0.1, -0.05) is 24.3 Å². The van der Waals surface area contributed by atoms with Crippen LogP contribution < -0.4 is 10.6 Å². The predicted molar refractivity (Wildman–Crippen MR) is 94.3 cm³/mol. The van der Waals surface area contributed by atoms with Crippen molar-refractivity contribution >= 4 is 23.1 Å². The van der Waals surface area contributed by atoms with Crippen LogP contribution in [0.4, 0.5) is 10.5 Å². The number of carbonyl (C=O) groups is 1. The van der Waals surface area contributed by atoms with E-state index in [1.54, 1.807) is 11.3 Å². The third-order valence-corrected chi connectivity index (χ3v) is 5.59. The van der Waals surface area contributed by atoms with Crippen LogP contribution in [0.3, 0.4) is 0 Å². The van der Waals surface area contributed by atoms with Crippen LogP contribution >= 0.6 is 11.3 Å². The van der Waals surface area contributed by atoms with Crippen molar-refractivity contribution in [2.75, 3.05) is 25.1 Å². The van der Waals surface area contributed by atoms with Gasteiger partial charge in [-0.2, -0.15) is 0 Å². The Kier molecular flexibility index (Phi) is 4.98. The van der Waals surface area contributed by atoms with Crippen LogP contribution in [0.2, 0.25) is 0 Å². The van der Waals surface area contributed by atoms with E-state index in [0.717, 1.165) is 37.3 Å². The molecule has 122 valence electrons. The van der Waals surface area contributed by atoms with Crippen LogP contribution in [-0.2, 0) is 10.2 Å². The first kappa shape index (κ1) is 16.0. The maximum absolute atomic E-state index is 12.3. The second kappa shape index (κ2) is 7.15. The van der Waals surface area contributed by atoms with Gasteiger partial charge in [0, 0.05) is 35.7 Å². The average molecular weight is 330 g/mol. The molecule has 0 spiro atoms. The summed E-state index contributed by atoms with van der Waals surface area (Å²) in [7, 11) is 0. The van der Waals surface area contributed by atoms with Crippen molar-refractivity contribution < 1.29 is 9.53 Å². The minimum atomic E-state index is -0.151. The second-order valence-corrected chi connectivity index (χ2v) is 6.94. The van der Waals surface area contributed by atoms with Gasteiger partial charge in [0.2, 0.25) is 0 Å². The van der Waals surface area contributed by atoms with Gasteiger partial charge in [-0.15, -0.1) is 11.3 Å². The summed E-state index contributed by atoms with van der Waals surface area (Å²) in [5.74, 6) is 0. The van der Waals surface area contributed by atoms with E-state index in [9.17, 15) is 4.79 Å². The third-order valence-electron chi connectivity index (χ3n) is 4.47. The minimum absolute atomic E-state index is 0.00448. The molecule has 0 radical (unpaired) electrons. The average Bonchev–Trinajstić information content (AvgIpc) is 3.11. The fourth-order valence-corrected chi connectivity index (χ4v) is 3.97. The first-order valence-electron chi connectivity index (χ1n) is 7.92. The summed E-state index contributed by atoms with van der Waals surface area (Å²) in [5.41, 5.74) is 1.90. The molecular formula is C18H22N2O2S. The summed E-state index contributed by atoms with van der Waals surface area (Å²) in [4.78, 5) is 13.6. The first-order chi connectivity index (χ1) is 11.2. The normalized spacial score (nSPS) is 16.7. The number of para-hydroxylation sites is 1. The highest BCUT2D eigenvalue weighted by Gasteiger charge is 2.35. The van der Waals surface area contributed by atoms with Crippen LogP contribution in [0.1, 0.15) is 23.3 Å². The molecule has 1 aliphatic rings. The van der Waals surface area contributed by atoms with E-state index in [0.29, 0.717) is 6.54 Å². The van der Waals surface area contributed by atoms with Crippen molar-refractivity contribution in [2.24, 2.45) is 0 Å². The molecule has 2 N–H and O–H groups in total. The molecule has 2 amide bonds. The lowest BCUT2D eigenvalue weighted by Crippen LogP contribution is -2.45. The Morgan fingerprint density at radius 2 is 2.00 bits per heavy atom. The molecule has 1 aliphatic heterocycles. The Bertz CT molecular complexity index is 649. The van der Waals surface area contributed by atoms with Crippen molar-refractivity contribution in [3.8, 4) is 0 Å². The molecule has 4 nitrogen and oxygen atoms in total. The van der Waals surface area contributed by atoms with Crippen molar-refractivity contribution in [1.82, 2.24) is 5.32 Å². The standard InChI is InChI=1S/C18H22N2O2S/c1-14-5-2-3-6-15(14)20-17(21)19-13-18(8-10-22-11-9-18)16-7-4-12-23-16/h2-7,12H,8-11,13H2,1H3,(H2,19,20,21). The molecule has 2 heterocycles. The second-order valence-electron chi connectivity index (χ2n) is 5.99. The van der Waals surface area contributed by atoms with Gasteiger partial charge in [0.1, 0.15) is 0 Å². The van der Waals surface area contributed by atoms with E-state index in [1.807, 2.05) is 31.2 Å². The van der Waals surface area contributed by atoms with E-state index in [-0.39, 0.29) is 11.4 Å². The first-order valence-corrected chi connectivity index (χ1v) is 8.80. The maximum atomic E-state index is 12.3. The van der Waals surface area contributed by atoms with Crippen LogP contribution in [0.5, 0.6) is 0 Å². The van der Waals surface area contributed by atoms with Crippen molar-refractivity contribution in [3.05, 3.63) is 52.2 Å². The fourth-order valence-electron chi connectivity index (χ4n) is 2.98. The molecular weight excluding hydrogens is 308 g/mol. The number of benzene rings is 1. The molecule has 1 saturated heterocycles. The van der Waals surface area contributed by atoms with E-state index in [2.05, 4.69) is 28.1 Å². The molecule has 0 aliphatic carbocycles. The molecule has 1 aromatic carbocycles. The van der Waals surface area contributed by atoms with Gasteiger partial charge in [0.15, 0.2) is 0 Å². The topological polar surface area (TPSA) is 50.4 Å². The Morgan fingerprint density at radius 3 is 2.70 bits per heavy atom. The van der Waals surface area contributed by atoms with Crippen LogP contribution in [-0.4, -0.2) is 25.8 Å². The number of carbonyl (C=O) groups excluding carboxylic acids is 1. The zero-order valence-corrected chi connectivity index (χ0v) is 14.1. The lowest BCUT2D eigenvalue weighted by molar-refractivity contribution is 0.0521. The van der Waals surface area contributed by atoms with E-state index in [1.165, 1.54) is 4.88 Å². The van der Waals surface area contributed by atoms with E-state index < -0.39 is 0 Å². The molecule has 23 heavy (non-hydrogen) atoms. The number of aryl methyl sites for hydroxylation is 1. The zero-order valence-electron chi connectivity index (χ0n) is 13.3. The number of nitrogens with one attached hydrogen (secondary N) is 2. The fraction of sp³-hybridized carbons (Fsp3) is 0.389. The number of urea groups is 1. The third kappa shape index (κ3) is 3.74. The monoisotopic (exact) mass is 330 g/mol. The SMILES string of the molecule is Cc1ccccc1NC(=O)NCC1(c2cccs2)CCOCC1. The molecule has 0 bridgehead atoms. The van der Waals surface area contributed by atoms with Crippen molar-refractivity contribution in [1.29, 1.82) is 0 Å². The molecule has 0 atom stereocenters. The number of ether oxygens (including phenoxy) is 1. The summed E-state index contributed by atoms with van der Waals surface area (Å²) in [6.07, 6.45) is 1.89. The lowest BCUT2D eigenvalue weighted by atomic mass is 9.78. The lowest BCUT2D eigenvalue weighted by Gasteiger charge is -2.36. The predicted octanol–water partition coefficient (Wildman–Crippen LogP) is 3.93. The number of hydrogen-bond acceptors (Lipinski definition) is 3. The van der Waals surface area contributed by atoms with Gasteiger partial charge in [-0.25, -0.2) is 4.79 Å². The smallest absolute Gasteiger partial charge is 0.319 e. The summed E-state index contributed by atoms with van der Waals surface area (Å²) >= 11 is 1.76. The molecule has 3 rings (SSSR count). The van der Waals surface area contributed by atoms with Gasteiger partial charge in [0.25, 0.3) is 0 Å². The minimum Gasteiger partial charge on any atom is -0.381 e. The Labute approximate surface area is 140 Å². The molecule has 5 heteroatoms. The van der Waals surface area contributed by atoms with Crippen LogP contribution in [0.25, 0.3) is 0 Å². The largest absolute Gasteiger partial charge is 0.381 e. The summed E-state index contributed by atoms with van der Waals surface area (Å²) in [6.45, 7) is 4.12. The highest BCUT2D eigenvalue weighted by atomic mass is 32.1. The number of rotatable bonds is 4. The summed E-state index contributed by atoms with van der Waals surface area (Å²) in [6, 6.07) is 11.9. The number of amides is 2. The van der Waals surface area contributed by atoms with Gasteiger partial charge in [-0.05, 0) is 42.8 Å². The van der Waals surface area contributed by atoms with E-state index >= 15 is 0 Å². The summed E-state index contributed by atoms with van der Waals surface area (Å²) in [5, 5.41) is 8.09. The van der Waals surface area contributed by atoms with E-state index in [4.69, 9.17) is 4.74 Å². The van der Waals surface area contributed by atoms with Crippen LogP contribution in [0.15, 0.2) is 41.8 Å². The Hall–Kier alpha value is -1.85. The Morgan fingerprint density at radius 1 is 1.22 bits per heavy atom. The van der Waals surface area contributed by atoms with Crippen molar-refractivity contribution in [3.63, 3.8) is 0 Å². The quantitative estimate of drug-likeness (QED) is 0.892. The van der Waals surface area contributed by atoms with Crippen LogP contribution in [0, 0.1) is 6.92 Å².